The summed E-state index contributed by atoms with van der Waals surface area (Å²) in [6.45, 7) is 4.03. The molecule has 0 amide bonds. The van der Waals surface area contributed by atoms with Crippen LogP contribution < -0.4 is 0 Å². The fraction of sp³-hybridized carbons (Fsp3) is 0.700. The van der Waals surface area contributed by atoms with Gasteiger partial charge in [-0.3, -0.25) is 0 Å². The largest absolute Gasteiger partial charge is 0.433 e. The van der Waals surface area contributed by atoms with Crippen LogP contribution in [0.5, 0.6) is 0 Å². The second-order valence-corrected chi connectivity index (χ2v) is 3.14. The van der Waals surface area contributed by atoms with Crippen LogP contribution in [0.2, 0.25) is 0 Å². The number of esters is 1. The van der Waals surface area contributed by atoms with Crippen LogP contribution in [0.15, 0.2) is 12.7 Å². The van der Waals surface area contributed by atoms with Gasteiger partial charge in [-0.25, -0.2) is 4.79 Å². The summed E-state index contributed by atoms with van der Waals surface area (Å²) >= 11 is 0. The Bertz CT molecular complexity index is 169. The van der Waals surface area contributed by atoms with Crippen LogP contribution in [0.3, 0.4) is 0 Å². The Hall–Kier alpha value is -0.830. The highest BCUT2D eigenvalue weighted by Crippen LogP contribution is 2.14. The zero-order chi connectivity index (χ0) is 9.52. The molecule has 0 radical (unpaired) electrons. The number of rotatable bonds is 2. The van der Waals surface area contributed by atoms with E-state index in [1.165, 1.54) is 18.9 Å². The first-order valence-electron chi connectivity index (χ1n) is 4.77. The Kier molecular flexibility index (Phi) is 4.54. The lowest BCUT2D eigenvalue weighted by atomic mass is 10.1. The van der Waals surface area contributed by atoms with E-state index < -0.39 is 5.97 Å². The van der Waals surface area contributed by atoms with Gasteiger partial charge in [0, 0.05) is 12.5 Å². The summed E-state index contributed by atoms with van der Waals surface area (Å²) < 4.78 is 10.4. The van der Waals surface area contributed by atoms with E-state index in [0.29, 0.717) is 6.61 Å². The summed E-state index contributed by atoms with van der Waals surface area (Å²) in [7, 11) is 0. The Morgan fingerprint density at radius 1 is 1.38 bits per heavy atom. The summed E-state index contributed by atoms with van der Waals surface area (Å²) in [5.41, 5.74) is 0. The molecule has 1 rings (SSSR count). The SMILES string of the molecule is C=CC(=O)OC1CCCCCCO1. The molecule has 0 N–H and O–H groups in total. The van der Waals surface area contributed by atoms with Crippen molar-refractivity contribution in [2.45, 2.75) is 38.4 Å². The van der Waals surface area contributed by atoms with Gasteiger partial charge in [0.15, 0.2) is 0 Å². The minimum Gasteiger partial charge on any atom is -0.433 e. The molecule has 0 bridgehead atoms. The van der Waals surface area contributed by atoms with Crippen molar-refractivity contribution in [1.29, 1.82) is 0 Å². The van der Waals surface area contributed by atoms with Gasteiger partial charge in [0.05, 0.1) is 6.61 Å². The molecular weight excluding hydrogens is 168 g/mol. The third-order valence-corrected chi connectivity index (χ3v) is 2.05. The van der Waals surface area contributed by atoms with Crippen molar-refractivity contribution in [3.63, 3.8) is 0 Å². The summed E-state index contributed by atoms with van der Waals surface area (Å²) in [6, 6.07) is 0. The van der Waals surface area contributed by atoms with E-state index >= 15 is 0 Å². The Balaban J connectivity index is 2.28. The molecule has 0 aromatic heterocycles. The molecule has 0 spiro atoms. The molecule has 1 saturated heterocycles. The van der Waals surface area contributed by atoms with E-state index in [-0.39, 0.29) is 6.29 Å². The van der Waals surface area contributed by atoms with Crippen LogP contribution in [-0.2, 0) is 14.3 Å². The molecule has 1 unspecified atom stereocenters. The van der Waals surface area contributed by atoms with Gasteiger partial charge in [-0.2, -0.15) is 0 Å². The molecule has 13 heavy (non-hydrogen) atoms. The molecule has 1 fully saturated rings. The molecule has 0 saturated carbocycles. The highest BCUT2D eigenvalue weighted by Gasteiger charge is 2.14. The van der Waals surface area contributed by atoms with Crippen LogP contribution in [0, 0.1) is 0 Å². The van der Waals surface area contributed by atoms with Crippen LogP contribution >= 0.6 is 0 Å². The van der Waals surface area contributed by atoms with Gasteiger partial charge in [0.25, 0.3) is 0 Å². The van der Waals surface area contributed by atoms with Gasteiger partial charge in [0.2, 0.25) is 6.29 Å². The monoisotopic (exact) mass is 184 g/mol. The first-order chi connectivity index (χ1) is 6.33. The molecule has 0 aromatic carbocycles. The Morgan fingerprint density at radius 3 is 2.92 bits per heavy atom. The van der Waals surface area contributed by atoms with Crippen molar-refractivity contribution in [2.75, 3.05) is 6.61 Å². The lowest BCUT2D eigenvalue weighted by Crippen LogP contribution is -2.22. The second-order valence-electron chi connectivity index (χ2n) is 3.14. The minimum absolute atomic E-state index is 0.356. The Morgan fingerprint density at radius 2 is 2.15 bits per heavy atom. The van der Waals surface area contributed by atoms with E-state index in [2.05, 4.69) is 6.58 Å². The van der Waals surface area contributed by atoms with E-state index in [9.17, 15) is 4.79 Å². The summed E-state index contributed by atoms with van der Waals surface area (Å²) in [5.74, 6) is -0.398. The second kappa shape index (κ2) is 5.75. The molecule has 0 aliphatic carbocycles. The molecule has 3 heteroatoms. The summed E-state index contributed by atoms with van der Waals surface area (Å²) in [4.78, 5) is 10.9. The van der Waals surface area contributed by atoms with Gasteiger partial charge >= 0.3 is 5.97 Å². The van der Waals surface area contributed by atoms with Gasteiger partial charge in [0.1, 0.15) is 0 Å². The van der Waals surface area contributed by atoms with Gasteiger partial charge in [-0.05, 0) is 12.8 Å². The number of hydrogen-bond acceptors (Lipinski definition) is 3. The van der Waals surface area contributed by atoms with E-state index in [4.69, 9.17) is 9.47 Å². The fourth-order valence-electron chi connectivity index (χ4n) is 1.34. The van der Waals surface area contributed by atoms with Gasteiger partial charge < -0.3 is 9.47 Å². The van der Waals surface area contributed by atoms with Crippen LogP contribution in [0.4, 0.5) is 0 Å². The lowest BCUT2D eigenvalue weighted by Gasteiger charge is -2.19. The molecule has 74 valence electrons. The van der Waals surface area contributed by atoms with Gasteiger partial charge in [-0.1, -0.05) is 19.4 Å². The van der Waals surface area contributed by atoms with Crippen molar-refractivity contribution in [1.82, 2.24) is 0 Å². The average molecular weight is 184 g/mol. The van der Waals surface area contributed by atoms with E-state index in [0.717, 1.165) is 19.3 Å². The smallest absolute Gasteiger partial charge is 0.332 e. The van der Waals surface area contributed by atoms with Crippen LogP contribution in [-0.4, -0.2) is 18.9 Å². The minimum atomic E-state index is -0.398. The van der Waals surface area contributed by atoms with Gasteiger partial charge in [-0.15, -0.1) is 0 Å². The molecule has 0 aromatic rings. The predicted molar refractivity (Wildman–Crippen MR) is 49.1 cm³/mol. The normalized spacial score (nSPS) is 24.2. The zero-order valence-electron chi connectivity index (χ0n) is 7.83. The quantitative estimate of drug-likeness (QED) is 0.486. The maximum absolute atomic E-state index is 10.9. The third kappa shape index (κ3) is 4.08. The number of carbonyl (C=O) groups excluding carboxylic acids is 1. The van der Waals surface area contributed by atoms with Crippen molar-refractivity contribution >= 4 is 5.97 Å². The predicted octanol–water partition coefficient (Wildman–Crippen LogP) is 2.02. The third-order valence-electron chi connectivity index (χ3n) is 2.05. The first-order valence-corrected chi connectivity index (χ1v) is 4.77. The average Bonchev–Trinajstić information content (AvgIpc) is 2.09. The van der Waals surface area contributed by atoms with Crippen molar-refractivity contribution < 1.29 is 14.3 Å². The number of carbonyl (C=O) groups is 1. The lowest BCUT2D eigenvalue weighted by molar-refractivity contribution is -0.176. The van der Waals surface area contributed by atoms with Crippen molar-refractivity contribution in [2.24, 2.45) is 0 Å². The van der Waals surface area contributed by atoms with Crippen molar-refractivity contribution in [3.8, 4) is 0 Å². The fourth-order valence-corrected chi connectivity index (χ4v) is 1.34. The summed E-state index contributed by atoms with van der Waals surface area (Å²) in [6.07, 6.45) is 6.15. The summed E-state index contributed by atoms with van der Waals surface area (Å²) in [5, 5.41) is 0. The highest BCUT2D eigenvalue weighted by atomic mass is 16.7. The number of ether oxygens (including phenoxy) is 2. The molecular formula is C10H16O3. The molecule has 1 atom stereocenters. The van der Waals surface area contributed by atoms with Crippen molar-refractivity contribution in [3.05, 3.63) is 12.7 Å². The molecule has 1 aliphatic rings. The maximum atomic E-state index is 10.9. The zero-order valence-corrected chi connectivity index (χ0v) is 7.83. The maximum Gasteiger partial charge on any atom is 0.332 e. The highest BCUT2D eigenvalue weighted by molar-refractivity contribution is 5.81. The first kappa shape index (κ1) is 10.3. The standard InChI is InChI=1S/C10H16O3/c1-2-9(11)13-10-7-5-3-4-6-8-12-10/h2,10H,1,3-8H2. The number of hydrogen-bond donors (Lipinski definition) is 0. The van der Waals surface area contributed by atoms with Crippen LogP contribution in [0.25, 0.3) is 0 Å². The Labute approximate surface area is 78.7 Å². The molecule has 3 nitrogen and oxygen atoms in total. The van der Waals surface area contributed by atoms with E-state index in [1.807, 2.05) is 0 Å². The van der Waals surface area contributed by atoms with Crippen LogP contribution in [0.1, 0.15) is 32.1 Å². The van der Waals surface area contributed by atoms with E-state index in [1.54, 1.807) is 0 Å². The molecule has 1 aliphatic heterocycles. The molecule has 1 heterocycles. The topological polar surface area (TPSA) is 35.5 Å².